The number of amidine groups is 1. The van der Waals surface area contributed by atoms with Crippen LogP contribution in [0.4, 0.5) is 0 Å². The fourth-order valence-electron chi connectivity index (χ4n) is 3.02. The van der Waals surface area contributed by atoms with E-state index in [1.165, 1.54) is 23.4 Å². The monoisotopic (exact) mass is 456 g/mol. The van der Waals surface area contributed by atoms with Crippen LogP contribution in [0.1, 0.15) is 31.9 Å². The smallest absolute Gasteiger partial charge is 0.295 e. The number of thioether (sulfide) groups is 1. The first-order valence-electron chi connectivity index (χ1n) is 9.67. The summed E-state index contributed by atoms with van der Waals surface area (Å²) in [5, 5.41) is 7.16. The van der Waals surface area contributed by atoms with Gasteiger partial charge >= 0.3 is 0 Å². The minimum Gasteiger partial charge on any atom is -0.379 e. The summed E-state index contributed by atoms with van der Waals surface area (Å²) in [6.45, 7) is 6.21. The lowest BCUT2D eigenvalue weighted by Crippen LogP contribution is -2.13. The van der Waals surface area contributed by atoms with Gasteiger partial charge in [0.25, 0.3) is 10.1 Å². The highest BCUT2D eigenvalue weighted by Crippen LogP contribution is 2.35. The molecule has 31 heavy (non-hydrogen) atoms. The second-order valence-electron chi connectivity index (χ2n) is 7.91. The molecule has 3 aromatic carbocycles. The molecule has 0 amide bonds. The van der Waals surface area contributed by atoms with Gasteiger partial charge in [-0.15, -0.1) is 0 Å². The third-order valence-corrected chi connectivity index (χ3v) is 6.13. The van der Waals surface area contributed by atoms with Crippen molar-refractivity contribution in [3.8, 4) is 11.1 Å². The van der Waals surface area contributed by atoms with Crippen molar-refractivity contribution in [2.75, 3.05) is 0 Å². The molecule has 3 rings (SSSR count). The number of benzene rings is 3. The second-order valence-corrected chi connectivity index (χ2v) is 10.3. The van der Waals surface area contributed by atoms with E-state index in [4.69, 9.17) is 11.1 Å². The Balaban J connectivity index is 0.000000262. The van der Waals surface area contributed by atoms with E-state index in [9.17, 15) is 13.0 Å². The molecule has 3 aromatic rings. The fraction of sp³-hybridized carbons (Fsp3) is 0.208. The summed E-state index contributed by atoms with van der Waals surface area (Å²) in [5.74, 6) is 0.788. The van der Waals surface area contributed by atoms with Gasteiger partial charge in [0.15, 0.2) is 5.17 Å². The first-order chi connectivity index (χ1) is 14.5. The number of hydrogen-bond acceptors (Lipinski definition) is 4. The summed E-state index contributed by atoms with van der Waals surface area (Å²) >= 11 is 1.35. The highest BCUT2D eigenvalue weighted by molar-refractivity contribution is 8.13. The maximum Gasteiger partial charge on any atom is 0.295 e. The predicted molar refractivity (Wildman–Crippen MR) is 130 cm³/mol. The van der Waals surface area contributed by atoms with E-state index in [-0.39, 0.29) is 15.5 Å². The van der Waals surface area contributed by atoms with Gasteiger partial charge in [-0.05, 0) is 28.2 Å². The molecule has 0 bridgehead atoms. The predicted octanol–water partition coefficient (Wildman–Crippen LogP) is 5.71. The zero-order chi connectivity index (χ0) is 23.1. The molecule has 164 valence electrons. The van der Waals surface area contributed by atoms with Crippen LogP contribution >= 0.6 is 11.8 Å². The largest absolute Gasteiger partial charge is 0.379 e. The number of nitrogens with two attached hydrogens (primary N) is 1. The van der Waals surface area contributed by atoms with Gasteiger partial charge in [0.05, 0.1) is 0 Å². The molecule has 0 saturated carbocycles. The third kappa shape index (κ3) is 7.54. The highest BCUT2D eigenvalue weighted by Gasteiger charge is 2.22. The molecule has 0 aliphatic carbocycles. The van der Waals surface area contributed by atoms with Gasteiger partial charge in [-0.1, -0.05) is 105 Å². The van der Waals surface area contributed by atoms with E-state index in [0.717, 1.165) is 16.9 Å². The van der Waals surface area contributed by atoms with Crippen LogP contribution in [-0.4, -0.2) is 18.1 Å². The highest BCUT2D eigenvalue weighted by atomic mass is 32.2. The topological polar surface area (TPSA) is 104 Å². The summed E-state index contributed by atoms with van der Waals surface area (Å²) in [5.41, 5.74) is 8.66. The molecule has 0 saturated heterocycles. The first kappa shape index (κ1) is 24.7. The maximum atomic E-state index is 11.5. The Morgan fingerprint density at radius 2 is 1.42 bits per heavy atom. The van der Waals surface area contributed by atoms with Gasteiger partial charge in [-0.3, -0.25) is 9.96 Å². The Morgan fingerprint density at radius 1 is 0.903 bits per heavy atom. The van der Waals surface area contributed by atoms with E-state index < -0.39 is 10.1 Å². The van der Waals surface area contributed by atoms with E-state index >= 15 is 0 Å². The summed E-state index contributed by atoms with van der Waals surface area (Å²) in [7, 11) is -4.24. The van der Waals surface area contributed by atoms with Crippen molar-refractivity contribution in [2.24, 2.45) is 5.73 Å². The van der Waals surface area contributed by atoms with Crippen LogP contribution in [0.15, 0.2) is 83.8 Å². The van der Waals surface area contributed by atoms with Gasteiger partial charge in [-0.25, -0.2) is 0 Å². The van der Waals surface area contributed by atoms with Crippen molar-refractivity contribution in [3.63, 3.8) is 0 Å². The number of nitrogens with one attached hydrogen (secondary N) is 1. The number of rotatable bonds is 4. The summed E-state index contributed by atoms with van der Waals surface area (Å²) in [6.07, 6.45) is 0. The standard InChI is InChI=1S/C16H18O3S.C8H10N2S/c1-16(2,3)14-10-6-4-8-12(14)13-9-5-7-11-15(13)20(17,18)19;9-8(10)11-6-7-4-2-1-3-5-7/h4-11H,1-3H3,(H,17,18,19);1-5H,6H2,(H3,9,10). The van der Waals surface area contributed by atoms with Gasteiger partial charge in [-0.2, -0.15) is 8.42 Å². The Kier molecular flexibility index (Phi) is 8.44. The average molecular weight is 457 g/mol. The molecule has 4 N–H and O–H groups in total. The molecule has 0 atom stereocenters. The second kappa shape index (κ2) is 10.6. The molecular formula is C24H28N2O3S2. The minimum atomic E-state index is -4.24. The molecule has 5 nitrogen and oxygen atoms in total. The van der Waals surface area contributed by atoms with Crippen LogP contribution < -0.4 is 5.73 Å². The maximum absolute atomic E-state index is 11.5. The normalized spacial score (nSPS) is 11.4. The minimum absolute atomic E-state index is 0.0586. The van der Waals surface area contributed by atoms with E-state index in [1.54, 1.807) is 18.2 Å². The molecule has 0 spiro atoms. The fourth-order valence-corrected chi connectivity index (χ4v) is 4.24. The molecule has 0 aliphatic rings. The van der Waals surface area contributed by atoms with E-state index in [2.05, 4.69) is 20.8 Å². The van der Waals surface area contributed by atoms with Crippen LogP contribution in [0, 0.1) is 5.41 Å². The lowest BCUT2D eigenvalue weighted by Gasteiger charge is -2.23. The molecule has 0 fully saturated rings. The van der Waals surface area contributed by atoms with Crippen molar-refractivity contribution < 1.29 is 13.0 Å². The Morgan fingerprint density at radius 3 is 1.97 bits per heavy atom. The van der Waals surface area contributed by atoms with Crippen molar-refractivity contribution in [1.82, 2.24) is 0 Å². The summed E-state index contributed by atoms with van der Waals surface area (Å²) in [6, 6.07) is 24.2. The molecule has 7 heteroatoms. The lowest BCUT2D eigenvalue weighted by molar-refractivity contribution is 0.483. The quantitative estimate of drug-likeness (QED) is 0.265. The third-order valence-electron chi connectivity index (χ3n) is 4.43. The molecule has 0 unspecified atom stereocenters. The van der Waals surface area contributed by atoms with E-state index in [1.807, 2.05) is 54.6 Å². The van der Waals surface area contributed by atoms with Gasteiger partial charge in [0.2, 0.25) is 0 Å². The number of hydrogen-bond donors (Lipinski definition) is 3. The van der Waals surface area contributed by atoms with Crippen LogP contribution in [0.2, 0.25) is 0 Å². The van der Waals surface area contributed by atoms with Crippen molar-refractivity contribution in [3.05, 3.63) is 90.0 Å². The zero-order valence-corrected chi connectivity index (χ0v) is 19.5. The van der Waals surface area contributed by atoms with Gasteiger partial charge < -0.3 is 5.73 Å². The molecule has 0 radical (unpaired) electrons. The van der Waals surface area contributed by atoms with Crippen LogP contribution in [-0.2, 0) is 21.3 Å². The Bertz CT molecular complexity index is 1120. The first-order valence-corrected chi connectivity index (χ1v) is 12.1. The zero-order valence-electron chi connectivity index (χ0n) is 17.9. The van der Waals surface area contributed by atoms with Crippen LogP contribution in [0.5, 0.6) is 0 Å². The van der Waals surface area contributed by atoms with Crippen molar-refractivity contribution in [2.45, 2.75) is 36.8 Å². The van der Waals surface area contributed by atoms with Gasteiger partial charge in [0.1, 0.15) is 4.90 Å². The van der Waals surface area contributed by atoms with Crippen LogP contribution in [0.3, 0.4) is 0 Å². The Hall–Kier alpha value is -2.61. The summed E-state index contributed by atoms with van der Waals surface area (Å²) < 4.78 is 32.5. The molecule has 0 aliphatic heterocycles. The molecular weight excluding hydrogens is 428 g/mol. The molecule has 0 aromatic heterocycles. The SMILES string of the molecule is CC(C)(C)c1ccccc1-c1ccccc1S(=O)(=O)O.N=C(N)SCc1ccccc1. The van der Waals surface area contributed by atoms with Gasteiger partial charge in [0, 0.05) is 11.3 Å². The lowest BCUT2D eigenvalue weighted by atomic mass is 9.82. The van der Waals surface area contributed by atoms with Crippen LogP contribution in [0.25, 0.3) is 11.1 Å². The van der Waals surface area contributed by atoms with Crippen molar-refractivity contribution in [1.29, 1.82) is 5.41 Å². The van der Waals surface area contributed by atoms with E-state index in [0.29, 0.717) is 5.56 Å². The van der Waals surface area contributed by atoms with Crippen molar-refractivity contribution >= 4 is 27.0 Å². The molecule has 0 heterocycles. The summed E-state index contributed by atoms with van der Waals surface area (Å²) in [4.78, 5) is -0.0586. The Labute approximate surface area is 189 Å². The average Bonchev–Trinajstić information content (AvgIpc) is 2.72.